The molecule has 4 aromatic rings. The summed E-state index contributed by atoms with van der Waals surface area (Å²) in [7, 11) is 0. The summed E-state index contributed by atoms with van der Waals surface area (Å²) in [6.07, 6.45) is 3.36. The molecule has 2 aromatic heterocycles. The van der Waals surface area contributed by atoms with Gasteiger partial charge in [-0.05, 0) is 45.8 Å². The SMILES string of the molecule is O=C(N/N=C/c1cc(Br)c[nH]1)c1[nH]c2ccc(Br)cc2c1-c1ccccc1. The maximum Gasteiger partial charge on any atom is 0.288 e. The number of fused-ring (bicyclic) bond motifs is 1. The lowest BCUT2D eigenvalue weighted by Gasteiger charge is -2.04. The Kier molecular flexibility index (Phi) is 4.96. The van der Waals surface area contributed by atoms with Crippen LogP contribution in [0, 0.1) is 0 Å². The van der Waals surface area contributed by atoms with Crippen LogP contribution in [0.25, 0.3) is 22.0 Å². The van der Waals surface area contributed by atoms with Crippen molar-refractivity contribution in [3.8, 4) is 11.1 Å². The number of carbonyl (C=O) groups is 1. The lowest BCUT2D eigenvalue weighted by Crippen LogP contribution is -2.18. The van der Waals surface area contributed by atoms with E-state index in [2.05, 4.69) is 52.4 Å². The molecule has 0 radical (unpaired) electrons. The molecule has 2 aromatic carbocycles. The number of nitrogens with zero attached hydrogens (tertiary/aromatic N) is 1. The number of carbonyl (C=O) groups excluding carboxylic acids is 1. The predicted octanol–water partition coefficient (Wildman–Crippen LogP) is 5.45. The molecule has 3 N–H and O–H groups in total. The van der Waals surface area contributed by atoms with Crippen LogP contribution in [-0.4, -0.2) is 22.1 Å². The van der Waals surface area contributed by atoms with E-state index in [0.717, 1.165) is 36.7 Å². The Morgan fingerprint density at radius 2 is 1.85 bits per heavy atom. The summed E-state index contributed by atoms with van der Waals surface area (Å²) >= 11 is 6.87. The third kappa shape index (κ3) is 3.74. The summed E-state index contributed by atoms with van der Waals surface area (Å²) in [5.41, 5.74) is 6.55. The minimum Gasteiger partial charge on any atom is -0.359 e. The fourth-order valence-electron chi connectivity index (χ4n) is 2.91. The molecule has 0 saturated carbocycles. The first kappa shape index (κ1) is 17.8. The molecule has 5 nitrogen and oxygen atoms in total. The molecule has 0 aliphatic heterocycles. The van der Waals surface area contributed by atoms with E-state index >= 15 is 0 Å². The molecule has 0 bridgehead atoms. The lowest BCUT2D eigenvalue weighted by molar-refractivity contribution is 0.0951. The van der Waals surface area contributed by atoms with Gasteiger partial charge in [-0.1, -0.05) is 46.3 Å². The number of amides is 1. The summed E-state index contributed by atoms with van der Waals surface area (Å²) in [6, 6.07) is 17.6. The van der Waals surface area contributed by atoms with Crippen LogP contribution in [0.4, 0.5) is 0 Å². The van der Waals surface area contributed by atoms with Crippen molar-refractivity contribution in [3.05, 3.63) is 81.1 Å². The molecule has 0 spiro atoms. The van der Waals surface area contributed by atoms with Crippen molar-refractivity contribution in [1.82, 2.24) is 15.4 Å². The Hall–Kier alpha value is -2.64. The zero-order chi connectivity index (χ0) is 18.8. The number of hydrazone groups is 1. The number of hydrogen-bond acceptors (Lipinski definition) is 2. The highest BCUT2D eigenvalue weighted by Gasteiger charge is 2.19. The van der Waals surface area contributed by atoms with Crippen LogP contribution in [0.2, 0.25) is 0 Å². The highest BCUT2D eigenvalue weighted by Crippen LogP contribution is 2.34. The molecule has 27 heavy (non-hydrogen) atoms. The van der Waals surface area contributed by atoms with E-state index in [-0.39, 0.29) is 5.91 Å². The van der Waals surface area contributed by atoms with Crippen molar-refractivity contribution in [2.45, 2.75) is 0 Å². The average Bonchev–Trinajstić information content (AvgIpc) is 3.25. The number of hydrogen-bond donors (Lipinski definition) is 3. The fraction of sp³-hybridized carbons (Fsp3) is 0. The maximum atomic E-state index is 12.8. The summed E-state index contributed by atoms with van der Waals surface area (Å²) < 4.78 is 1.87. The predicted molar refractivity (Wildman–Crippen MR) is 115 cm³/mol. The Labute approximate surface area is 172 Å². The van der Waals surface area contributed by atoms with E-state index in [4.69, 9.17) is 0 Å². The first-order chi connectivity index (χ1) is 13.1. The zero-order valence-corrected chi connectivity index (χ0v) is 17.1. The second-order valence-electron chi connectivity index (χ2n) is 5.90. The van der Waals surface area contributed by atoms with Gasteiger partial charge in [-0.3, -0.25) is 4.79 Å². The van der Waals surface area contributed by atoms with E-state index in [1.165, 1.54) is 0 Å². The molecule has 1 amide bonds. The van der Waals surface area contributed by atoms with Crippen LogP contribution in [0.5, 0.6) is 0 Å². The van der Waals surface area contributed by atoms with E-state index in [1.54, 1.807) is 12.4 Å². The normalized spacial score (nSPS) is 11.3. The van der Waals surface area contributed by atoms with Gasteiger partial charge in [0.15, 0.2) is 0 Å². The van der Waals surface area contributed by atoms with E-state index in [0.29, 0.717) is 5.69 Å². The van der Waals surface area contributed by atoms with Gasteiger partial charge in [-0.15, -0.1) is 0 Å². The molecule has 7 heteroatoms. The molecule has 0 saturated heterocycles. The molecule has 0 unspecified atom stereocenters. The van der Waals surface area contributed by atoms with Crippen LogP contribution in [0.3, 0.4) is 0 Å². The minimum absolute atomic E-state index is 0.303. The Morgan fingerprint density at radius 1 is 1.04 bits per heavy atom. The fourth-order valence-corrected chi connectivity index (χ4v) is 3.64. The molecule has 2 heterocycles. The number of rotatable bonds is 4. The van der Waals surface area contributed by atoms with Crippen molar-refractivity contribution in [2.75, 3.05) is 0 Å². The number of benzene rings is 2. The first-order valence-corrected chi connectivity index (χ1v) is 9.74. The van der Waals surface area contributed by atoms with Gasteiger partial charge in [0.05, 0.1) is 11.9 Å². The number of halogens is 2. The van der Waals surface area contributed by atoms with Crippen molar-refractivity contribution in [3.63, 3.8) is 0 Å². The number of aromatic nitrogens is 2. The van der Waals surface area contributed by atoms with Gasteiger partial charge in [0.1, 0.15) is 5.69 Å². The largest absolute Gasteiger partial charge is 0.359 e. The van der Waals surface area contributed by atoms with E-state index in [9.17, 15) is 4.79 Å². The van der Waals surface area contributed by atoms with Gasteiger partial charge >= 0.3 is 0 Å². The van der Waals surface area contributed by atoms with Gasteiger partial charge in [-0.25, -0.2) is 5.43 Å². The quantitative estimate of drug-likeness (QED) is 0.261. The second kappa shape index (κ2) is 7.54. The summed E-state index contributed by atoms with van der Waals surface area (Å²) in [5.74, 6) is -0.303. The van der Waals surface area contributed by atoms with Gasteiger partial charge in [-0.2, -0.15) is 5.10 Å². The average molecular weight is 486 g/mol. The standard InChI is InChI=1S/C20H14Br2N4O/c21-13-6-7-17-16(9-13)18(12-4-2-1-3-5-12)19(25-17)20(27)26-24-11-15-8-14(22)10-23-15/h1-11,23,25H,(H,26,27)/b24-11+. The highest BCUT2D eigenvalue weighted by atomic mass is 79.9. The van der Waals surface area contributed by atoms with Crippen LogP contribution in [-0.2, 0) is 0 Å². The molecular formula is C20H14Br2N4O. The van der Waals surface area contributed by atoms with E-state index < -0.39 is 0 Å². The number of aromatic amines is 2. The molecule has 0 atom stereocenters. The molecule has 4 rings (SSSR count). The zero-order valence-electron chi connectivity index (χ0n) is 14.0. The summed E-state index contributed by atoms with van der Waals surface area (Å²) in [4.78, 5) is 19.0. The first-order valence-electron chi connectivity index (χ1n) is 8.16. The maximum absolute atomic E-state index is 12.8. The monoisotopic (exact) mass is 484 g/mol. The number of nitrogens with one attached hydrogen (secondary N) is 3. The molecule has 0 fully saturated rings. The Morgan fingerprint density at radius 3 is 2.59 bits per heavy atom. The summed E-state index contributed by atoms with van der Waals surface area (Å²) in [6.45, 7) is 0. The van der Waals surface area contributed by atoms with Gasteiger partial charge in [0, 0.05) is 31.6 Å². The van der Waals surface area contributed by atoms with Gasteiger partial charge in [0.2, 0.25) is 0 Å². The van der Waals surface area contributed by atoms with Crippen LogP contribution >= 0.6 is 31.9 Å². The summed E-state index contributed by atoms with van der Waals surface area (Å²) in [5, 5.41) is 5.02. The van der Waals surface area contributed by atoms with Crippen LogP contribution < -0.4 is 5.43 Å². The topological polar surface area (TPSA) is 73.0 Å². The van der Waals surface area contributed by atoms with Crippen LogP contribution in [0.1, 0.15) is 16.2 Å². The van der Waals surface area contributed by atoms with Crippen LogP contribution in [0.15, 0.2) is 74.8 Å². The van der Waals surface area contributed by atoms with E-state index in [1.807, 2.05) is 54.6 Å². The molecular weight excluding hydrogens is 472 g/mol. The number of H-pyrrole nitrogens is 2. The van der Waals surface area contributed by atoms with Gasteiger partial charge < -0.3 is 9.97 Å². The van der Waals surface area contributed by atoms with Crippen molar-refractivity contribution in [1.29, 1.82) is 0 Å². The van der Waals surface area contributed by atoms with Crippen molar-refractivity contribution < 1.29 is 4.79 Å². The molecule has 0 aliphatic carbocycles. The Bertz CT molecular complexity index is 1150. The smallest absolute Gasteiger partial charge is 0.288 e. The minimum atomic E-state index is -0.303. The third-order valence-electron chi connectivity index (χ3n) is 4.09. The lowest BCUT2D eigenvalue weighted by atomic mass is 10.0. The molecule has 134 valence electrons. The van der Waals surface area contributed by atoms with Crippen molar-refractivity contribution in [2.24, 2.45) is 5.10 Å². The highest BCUT2D eigenvalue weighted by molar-refractivity contribution is 9.10. The molecule has 0 aliphatic rings. The third-order valence-corrected chi connectivity index (χ3v) is 5.04. The second-order valence-corrected chi connectivity index (χ2v) is 7.73. The Balaban J connectivity index is 1.72. The van der Waals surface area contributed by atoms with Crippen molar-refractivity contribution >= 4 is 54.9 Å². The van der Waals surface area contributed by atoms with Gasteiger partial charge in [0.25, 0.3) is 5.91 Å².